The van der Waals surface area contributed by atoms with Crippen LogP contribution in [-0.4, -0.2) is 47.1 Å². The normalized spacial score (nSPS) is 14.6. The fourth-order valence-corrected chi connectivity index (χ4v) is 4.47. The molecule has 1 aromatic carbocycles. The fourth-order valence-electron chi connectivity index (χ4n) is 2.93. The van der Waals surface area contributed by atoms with Gasteiger partial charge in [0.05, 0.1) is 31.0 Å². The van der Waals surface area contributed by atoms with E-state index >= 15 is 0 Å². The lowest BCUT2D eigenvalue weighted by atomic mass is 10.3. The Morgan fingerprint density at radius 3 is 2.70 bits per heavy atom. The summed E-state index contributed by atoms with van der Waals surface area (Å²) in [4.78, 5) is 23.6. The number of nitrogens with one attached hydrogen (secondary N) is 1. The molecule has 3 aromatic rings. The van der Waals surface area contributed by atoms with Crippen LogP contribution < -0.4 is 10.1 Å². The van der Waals surface area contributed by atoms with Crippen molar-refractivity contribution in [2.24, 2.45) is 0 Å². The zero-order valence-corrected chi connectivity index (χ0v) is 18.6. The van der Waals surface area contributed by atoms with Gasteiger partial charge in [0.25, 0.3) is 0 Å². The number of aromatic nitrogens is 2. The molecule has 0 unspecified atom stereocenters. The number of ether oxygens (including phenoxy) is 2. The van der Waals surface area contributed by atoms with E-state index in [1.54, 1.807) is 12.1 Å². The Morgan fingerprint density at radius 2 is 1.90 bits per heavy atom. The van der Waals surface area contributed by atoms with Gasteiger partial charge in [-0.1, -0.05) is 11.6 Å². The summed E-state index contributed by atoms with van der Waals surface area (Å²) in [5.74, 6) is 0.600. The molecule has 1 aliphatic heterocycles. The first-order chi connectivity index (χ1) is 14.6. The number of hydrogen-bond donors (Lipinski definition) is 1. The van der Waals surface area contributed by atoms with Gasteiger partial charge in [0.15, 0.2) is 5.13 Å². The molecule has 0 saturated carbocycles. The SMILES string of the molecule is O=C(Cc1csc(COc2ccc(Cl)cc2)n1)Nc1nc(CN2CCOCC2)cs1. The summed E-state index contributed by atoms with van der Waals surface area (Å²) in [6.45, 7) is 4.46. The quantitative estimate of drug-likeness (QED) is 0.545. The van der Waals surface area contributed by atoms with Crippen LogP contribution >= 0.6 is 34.3 Å². The molecule has 4 rings (SSSR count). The minimum absolute atomic E-state index is 0.127. The second-order valence-electron chi connectivity index (χ2n) is 6.73. The number of nitrogens with zero attached hydrogens (tertiary/aromatic N) is 3. The predicted octanol–water partition coefficient (Wildman–Crippen LogP) is 3.85. The molecule has 1 N–H and O–H groups in total. The molecular weight excluding hydrogens is 444 g/mol. The maximum Gasteiger partial charge on any atom is 0.232 e. The van der Waals surface area contributed by atoms with Crippen LogP contribution in [0.25, 0.3) is 0 Å². The lowest BCUT2D eigenvalue weighted by Crippen LogP contribution is -2.35. The van der Waals surface area contributed by atoms with Crippen molar-refractivity contribution in [2.45, 2.75) is 19.6 Å². The van der Waals surface area contributed by atoms with Crippen LogP contribution in [0.2, 0.25) is 5.02 Å². The Hall–Kier alpha value is -2.04. The van der Waals surface area contributed by atoms with Gasteiger partial charge >= 0.3 is 0 Å². The number of rotatable bonds is 8. The molecule has 30 heavy (non-hydrogen) atoms. The molecule has 0 atom stereocenters. The molecule has 0 aliphatic carbocycles. The van der Waals surface area contributed by atoms with E-state index in [0.717, 1.165) is 55.0 Å². The van der Waals surface area contributed by atoms with Gasteiger partial charge < -0.3 is 14.8 Å². The van der Waals surface area contributed by atoms with E-state index in [9.17, 15) is 4.79 Å². The van der Waals surface area contributed by atoms with Crippen molar-refractivity contribution < 1.29 is 14.3 Å². The average Bonchev–Trinajstić information content (AvgIpc) is 3.37. The lowest BCUT2D eigenvalue weighted by Gasteiger charge is -2.25. The monoisotopic (exact) mass is 464 g/mol. The van der Waals surface area contributed by atoms with Crippen molar-refractivity contribution in [1.29, 1.82) is 0 Å². The summed E-state index contributed by atoms with van der Waals surface area (Å²) in [5.41, 5.74) is 1.68. The molecule has 1 saturated heterocycles. The van der Waals surface area contributed by atoms with E-state index in [0.29, 0.717) is 16.8 Å². The standard InChI is InChI=1S/C20H21ClN4O3S2/c21-14-1-3-17(4-2-14)28-11-19-22-15(12-29-19)9-18(26)24-20-23-16(13-30-20)10-25-5-7-27-8-6-25/h1-4,12-13H,5-11H2,(H,23,24,26). The van der Waals surface area contributed by atoms with Gasteiger partial charge in [-0.2, -0.15) is 0 Å². The van der Waals surface area contributed by atoms with Gasteiger partial charge in [-0.25, -0.2) is 9.97 Å². The first-order valence-electron chi connectivity index (χ1n) is 9.50. The molecule has 0 spiro atoms. The van der Waals surface area contributed by atoms with Gasteiger partial charge in [-0.3, -0.25) is 9.69 Å². The summed E-state index contributed by atoms with van der Waals surface area (Å²) in [6.07, 6.45) is 0.204. The van der Waals surface area contributed by atoms with Crippen LogP contribution in [0.15, 0.2) is 35.0 Å². The molecule has 158 valence electrons. The first-order valence-corrected chi connectivity index (χ1v) is 11.6. The van der Waals surface area contributed by atoms with Gasteiger partial charge in [0.1, 0.15) is 17.4 Å². The van der Waals surface area contributed by atoms with Crippen LogP contribution in [0.5, 0.6) is 5.75 Å². The molecule has 3 heterocycles. The summed E-state index contributed by atoms with van der Waals surface area (Å²) in [5, 5.41) is 8.83. The van der Waals surface area contributed by atoms with E-state index < -0.39 is 0 Å². The highest BCUT2D eigenvalue weighted by Gasteiger charge is 2.14. The molecule has 1 aliphatic rings. The maximum atomic E-state index is 12.4. The van der Waals surface area contributed by atoms with Crippen LogP contribution in [0.3, 0.4) is 0 Å². The molecule has 1 amide bonds. The Bertz CT molecular complexity index is 971. The number of hydrogen-bond acceptors (Lipinski definition) is 8. The molecule has 10 heteroatoms. The van der Waals surface area contributed by atoms with Crippen molar-refractivity contribution in [3.63, 3.8) is 0 Å². The van der Waals surface area contributed by atoms with E-state index in [1.165, 1.54) is 22.7 Å². The molecule has 0 bridgehead atoms. The minimum atomic E-state index is -0.127. The van der Waals surface area contributed by atoms with Crippen LogP contribution in [0, 0.1) is 0 Å². The first kappa shape index (κ1) is 21.2. The minimum Gasteiger partial charge on any atom is -0.486 e. The fraction of sp³-hybridized carbons (Fsp3) is 0.350. The van der Waals surface area contributed by atoms with Crippen LogP contribution in [0.4, 0.5) is 5.13 Å². The highest BCUT2D eigenvalue weighted by Crippen LogP contribution is 2.20. The molecule has 0 radical (unpaired) electrons. The number of amides is 1. The zero-order chi connectivity index (χ0) is 20.8. The zero-order valence-electron chi connectivity index (χ0n) is 16.2. The Morgan fingerprint density at radius 1 is 1.13 bits per heavy atom. The third-order valence-corrected chi connectivity index (χ3v) is 6.33. The summed E-state index contributed by atoms with van der Waals surface area (Å²) in [7, 11) is 0. The topological polar surface area (TPSA) is 76.6 Å². The molecule has 1 fully saturated rings. The van der Waals surface area contributed by atoms with Gasteiger partial charge in [-0.05, 0) is 24.3 Å². The average molecular weight is 465 g/mol. The highest BCUT2D eigenvalue weighted by atomic mass is 35.5. The third kappa shape index (κ3) is 6.23. The predicted molar refractivity (Wildman–Crippen MR) is 118 cm³/mol. The van der Waals surface area contributed by atoms with Gasteiger partial charge in [0.2, 0.25) is 5.91 Å². The second-order valence-corrected chi connectivity index (χ2v) is 8.97. The van der Waals surface area contributed by atoms with E-state index in [-0.39, 0.29) is 12.3 Å². The number of thiazole rings is 2. The van der Waals surface area contributed by atoms with Crippen molar-refractivity contribution in [3.05, 3.63) is 56.4 Å². The summed E-state index contributed by atoms with van der Waals surface area (Å²) in [6, 6.07) is 7.18. The van der Waals surface area contributed by atoms with E-state index in [2.05, 4.69) is 20.2 Å². The number of carbonyl (C=O) groups is 1. The number of benzene rings is 1. The number of anilines is 1. The second kappa shape index (κ2) is 10.3. The summed E-state index contributed by atoms with van der Waals surface area (Å²) < 4.78 is 11.1. The van der Waals surface area contributed by atoms with Crippen molar-refractivity contribution in [2.75, 3.05) is 31.6 Å². The Balaban J connectivity index is 1.24. The molecule has 7 nitrogen and oxygen atoms in total. The van der Waals surface area contributed by atoms with E-state index in [1.807, 2.05) is 22.9 Å². The lowest BCUT2D eigenvalue weighted by molar-refractivity contribution is -0.115. The van der Waals surface area contributed by atoms with E-state index in [4.69, 9.17) is 21.1 Å². The molecule has 2 aromatic heterocycles. The number of carbonyl (C=O) groups excluding carboxylic acids is 1. The van der Waals surface area contributed by atoms with Gasteiger partial charge in [0, 0.05) is 35.4 Å². The van der Waals surface area contributed by atoms with Crippen molar-refractivity contribution in [3.8, 4) is 5.75 Å². The van der Waals surface area contributed by atoms with Gasteiger partial charge in [-0.15, -0.1) is 22.7 Å². The number of halogens is 1. The van der Waals surface area contributed by atoms with Crippen LogP contribution in [0.1, 0.15) is 16.4 Å². The largest absolute Gasteiger partial charge is 0.486 e. The summed E-state index contributed by atoms with van der Waals surface area (Å²) >= 11 is 8.78. The third-order valence-electron chi connectivity index (χ3n) is 4.40. The van der Waals surface area contributed by atoms with Crippen molar-refractivity contribution >= 4 is 45.3 Å². The molecular formula is C20H21ClN4O3S2. The highest BCUT2D eigenvalue weighted by molar-refractivity contribution is 7.14. The Kier molecular flexibility index (Phi) is 7.29. The number of morpholine rings is 1. The van der Waals surface area contributed by atoms with Crippen LogP contribution in [-0.2, 0) is 29.1 Å². The smallest absolute Gasteiger partial charge is 0.232 e. The maximum absolute atomic E-state index is 12.4. The van der Waals surface area contributed by atoms with Crippen molar-refractivity contribution in [1.82, 2.24) is 14.9 Å². The Labute approximate surface area is 187 Å².